The molecule has 7 heteroatoms. The van der Waals surface area contributed by atoms with Crippen LogP contribution in [0.3, 0.4) is 0 Å². The molecular formula is C13H8Br2ClNO3. The van der Waals surface area contributed by atoms with Crippen molar-refractivity contribution in [3.05, 3.63) is 61.6 Å². The first-order valence-electron chi connectivity index (χ1n) is 5.47. The summed E-state index contributed by atoms with van der Waals surface area (Å²) in [4.78, 5) is 10.3. The molecule has 0 bridgehead atoms. The summed E-state index contributed by atoms with van der Waals surface area (Å²) in [5.74, 6) is 0.890. The summed E-state index contributed by atoms with van der Waals surface area (Å²) in [6.07, 6.45) is 0. The van der Waals surface area contributed by atoms with Crippen LogP contribution in [0.5, 0.6) is 11.5 Å². The maximum absolute atomic E-state index is 10.8. The zero-order chi connectivity index (χ0) is 14.7. The standard InChI is InChI=1S/C13H8Br2ClNO3/c14-7-8-1-2-11(6-13(8)16)20-12-4-9(15)3-10(5-12)17(18)19/h1-6H,7H2. The van der Waals surface area contributed by atoms with Crippen LogP contribution in [0.25, 0.3) is 0 Å². The van der Waals surface area contributed by atoms with Gasteiger partial charge in [0.15, 0.2) is 0 Å². The highest BCUT2D eigenvalue weighted by atomic mass is 79.9. The Morgan fingerprint density at radius 3 is 2.55 bits per heavy atom. The maximum Gasteiger partial charge on any atom is 0.274 e. The summed E-state index contributed by atoms with van der Waals surface area (Å²) in [5.41, 5.74) is 0.900. The van der Waals surface area contributed by atoms with E-state index in [0.29, 0.717) is 26.3 Å². The van der Waals surface area contributed by atoms with E-state index < -0.39 is 4.92 Å². The molecule has 0 unspecified atom stereocenters. The van der Waals surface area contributed by atoms with E-state index in [4.69, 9.17) is 16.3 Å². The Hall–Kier alpha value is -1.11. The van der Waals surface area contributed by atoms with Crippen LogP contribution in [0.4, 0.5) is 5.69 Å². The van der Waals surface area contributed by atoms with Crippen molar-refractivity contribution in [3.8, 4) is 11.5 Å². The van der Waals surface area contributed by atoms with Gasteiger partial charge in [0.05, 0.1) is 11.0 Å². The monoisotopic (exact) mass is 419 g/mol. The number of nitro groups is 1. The second-order valence-electron chi connectivity index (χ2n) is 3.89. The summed E-state index contributed by atoms with van der Waals surface area (Å²) < 4.78 is 6.17. The summed E-state index contributed by atoms with van der Waals surface area (Å²) in [6.45, 7) is 0. The number of nitrogens with zero attached hydrogens (tertiary/aromatic N) is 1. The topological polar surface area (TPSA) is 52.4 Å². The molecule has 0 aliphatic heterocycles. The number of hydrogen-bond donors (Lipinski definition) is 0. The number of alkyl halides is 1. The second kappa shape index (κ2) is 6.56. The van der Waals surface area contributed by atoms with Crippen LogP contribution in [0.1, 0.15) is 5.56 Å². The van der Waals surface area contributed by atoms with Gasteiger partial charge in [0.25, 0.3) is 5.69 Å². The highest BCUT2D eigenvalue weighted by molar-refractivity contribution is 9.10. The molecular weight excluding hydrogens is 413 g/mol. The minimum absolute atomic E-state index is 0.0439. The van der Waals surface area contributed by atoms with E-state index in [1.165, 1.54) is 12.1 Å². The number of rotatable bonds is 4. The largest absolute Gasteiger partial charge is 0.457 e. The molecule has 0 aromatic heterocycles. The first-order chi connectivity index (χ1) is 9.49. The first kappa shape index (κ1) is 15.3. The van der Waals surface area contributed by atoms with Gasteiger partial charge in [-0.2, -0.15) is 0 Å². The van der Waals surface area contributed by atoms with Crippen molar-refractivity contribution in [1.82, 2.24) is 0 Å². The van der Waals surface area contributed by atoms with Crippen LogP contribution in [0, 0.1) is 10.1 Å². The molecule has 2 aromatic carbocycles. The summed E-state index contributed by atoms with van der Waals surface area (Å²) in [5, 5.41) is 12.0. The minimum atomic E-state index is -0.474. The Bertz CT molecular complexity index is 664. The Morgan fingerprint density at radius 1 is 1.20 bits per heavy atom. The molecule has 0 heterocycles. The van der Waals surface area contributed by atoms with Gasteiger partial charge in [0.2, 0.25) is 0 Å². The van der Waals surface area contributed by atoms with E-state index in [1.54, 1.807) is 18.2 Å². The lowest BCUT2D eigenvalue weighted by Crippen LogP contribution is -1.91. The molecule has 0 saturated carbocycles. The van der Waals surface area contributed by atoms with E-state index in [2.05, 4.69) is 31.9 Å². The van der Waals surface area contributed by atoms with Crippen molar-refractivity contribution in [2.24, 2.45) is 0 Å². The predicted molar refractivity (Wildman–Crippen MR) is 85.0 cm³/mol. The Kier molecular flexibility index (Phi) is 5.01. The molecule has 2 aromatic rings. The Balaban J connectivity index is 2.30. The van der Waals surface area contributed by atoms with Crippen molar-refractivity contribution in [2.75, 3.05) is 0 Å². The summed E-state index contributed by atoms with van der Waals surface area (Å²) in [7, 11) is 0. The van der Waals surface area contributed by atoms with Gasteiger partial charge in [-0.3, -0.25) is 10.1 Å². The number of ether oxygens (including phenoxy) is 1. The lowest BCUT2D eigenvalue weighted by molar-refractivity contribution is -0.385. The molecule has 0 N–H and O–H groups in total. The van der Waals surface area contributed by atoms with E-state index in [-0.39, 0.29) is 5.69 Å². The molecule has 0 aliphatic rings. The predicted octanol–water partition coefficient (Wildman–Crippen LogP) is 5.70. The molecule has 0 radical (unpaired) electrons. The lowest BCUT2D eigenvalue weighted by atomic mass is 10.2. The van der Waals surface area contributed by atoms with Crippen LogP contribution in [0.2, 0.25) is 5.02 Å². The smallest absolute Gasteiger partial charge is 0.274 e. The molecule has 104 valence electrons. The van der Waals surface area contributed by atoms with Gasteiger partial charge < -0.3 is 4.74 Å². The van der Waals surface area contributed by atoms with Gasteiger partial charge in [-0.25, -0.2) is 0 Å². The molecule has 20 heavy (non-hydrogen) atoms. The SMILES string of the molecule is O=[N+]([O-])c1cc(Br)cc(Oc2ccc(CBr)c(Cl)c2)c1. The maximum atomic E-state index is 10.8. The van der Waals surface area contributed by atoms with Gasteiger partial charge >= 0.3 is 0 Å². The number of benzene rings is 2. The third-order valence-electron chi connectivity index (χ3n) is 2.47. The molecule has 2 rings (SSSR count). The molecule has 0 atom stereocenters. The number of hydrogen-bond acceptors (Lipinski definition) is 3. The number of halogens is 3. The van der Waals surface area contributed by atoms with Crippen LogP contribution in [-0.2, 0) is 5.33 Å². The molecule has 0 aliphatic carbocycles. The zero-order valence-corrected chi connectivity index (χ0v) is 13.9. The van der Waals surface area contributed by atoms with E-state index in [1.807, 2.05) is 6.07 Å². The zero-order valence-electron chi connectivity index (χ0n) is 9.98. The first-order valence-corrected chi connectivity index (χ1v) is 7.76. The van der Waals surface area contributed by atoms with Gasteiger partial charge in [-0.15, -0.1) is 0 Å². The molecule has 0 saturated heterocycles. The summed E-state index contributed by atoms with van der Waals surface area (Å²) >= 11 is 12.6. The van der Waals surface area contributed by atoms with Crippen molar-refractivity contribution >= 4 is 49.1 Å². The molecule has 0 spiro atoms. The third-order valence-corrected chi connectivity index (χ3v) is 3.88. The fraction of sp³-hybridized carbons (Fsp3) is 0.0769. The molecule has 0 amide bonds. The van der Waals surface area contributed by atoms with Crippen LogP contribution >= 0.6 is 43.5 Å². The molecule has 4 nitrogen and oxygen atoms in total. The van der Waals surface area contributed by atoms with Crippen molar-refractivity contribution < 1.29 is 9.66 Å². The fourth-order valence-electron chi connectivity index (χ4n) is 1.55. The van der Waals surface area contributed by atoms with E-state index in [0.717, 1.165) is 5.56 Å². The highest BCUT2D eigenvalue weighted by Gasteiger charge is 2.10. The van der Waals surface area contributed by atoms with Gasteiger partial charge in [-0.05, 0) is 23.8 Å². The van der Waals surface area contributed by atoms with Gasteiger partial charge in [0.1, 0.15) is 11.5 Å². The average molecular weight is 421 g/mol. The second-order valence-corrected chi connectivity index (χ2v) is 5.77. The normalized spacial score (nSPS) is 10.3. The van der Waals surface area contributed by atoms with Crippen LogP contribution in [0.15, 0.2) is 40.9 Å². The van der Waals surface area contributed by atoms with Crippen molar-refractivity contribution in [2.45, 2.75) is 5.33 Å². The van der Waals surface area contributed by atoms with Crippen LogP contribution in [-0.4, -0.2) is 4.92 Å². The van der Waals surface area contributed by atoms with Crippen molar-refractivity contribution in [1.29, 1.82) is 0 Å². The Labute approximate surface area is 137 Å². The van der Waals surface area contributed by atoms with Gasteiger partial charge in [-0.1, -0.05) is 49.5 Å². The van der Waals surface area contributed by atoms with E-state index in [9.17, 15) is 10.1 Å². The number of non-ortho nitro benzene ring substituents is 1. The third kappa shape index (κ3) is 3.71. The quantitative estimate of drug-likeness (QED) is 0.362. The fourth-order valence-corrected chi connectivity index (χ4v) is 2.90. The van der Waals surface area contributed by atoms with Crippen molar-refractivity contribution in [3.63, 3.8) is 0 Å². The lowest BCUT2D eigenvalue weighted by Gasteiger charge is -2.08. The number of nitro benzene ring substituents is 1. The average Bonchev–Trinajstić information content (AvgIpc) is 2.38. The minimum Gasteiger partial charge on any atom is -0.457 e. The Morgan fingerprint density at radius 2 is 1.95 bits per heavy atom. The van der Waals surface area contributed by atoms with Gasteiger partial charge in [0, 0.05) is 20.9 Å². The van der Waals surface area contributed by atoms with E-state index >= 15 is 0 Å². The van der Waals surface area contributed by atoms with Crippen LogP contribution < -0.4 is 4.74 Å². The molecule has 0 fully saturated rings. The summed E-state index contributed by atoms with van der Waals surface area (Å²) in [6, 6.07) is 9.68. The highest BCUT2D eigenvalue weighted by Crippen LogP contribution is 2.32.